The van der Waals surface area contributed by atoms with Gasteiger partial charge in [0, 0.05) is 6.54 Å². The van der Waals surface area contributed by atoms with Crippen molar-refractivity contribution < 1.29 is 0 Å². The van der Waals surface area contributed by atoms with Crippen LogP contribution in [0.2, 0.25) is 0 Å². The van der Waals surface area contributed by atoms with Gasteiger partial charge in [0.05, 0.1) is 0 Å². The Labute approximate surface area is 94.9 Å². The van der Waals surface area contributed by atoms with E-state index in [0.29, 0.717) is 5.92 Å². The van der Waals surface area contributed by atoms with E-state index in [4.69, 9.17) is 0 Å². The molecule has 0 aromatic rings. The van der Waals surface area contributed by atoms with Gasteiger partial charge in [0.25, 0.3) is 0 Å². The lowest BCUT2D eigenvalue weighted by Gasteiger charge is -2.12. The molecule has 0 amide bonds. The van der Waals surface area contributed by atoms with E-state index < -0.39 is 0 Å². The first-order chi connectivity index (χ1) is 7.22. The molecule has 0 radical (unpaired) electrons. The molecule has 0 bridgehead atoms. The van der Waals surface area contributed by atoms with Gasteiger partial charge in [0.1, 0.15) is 0 Å². The maximum Gasteiger partial charge on any atom is 0.0165 e. The third-order valence-corrected chi connectivity index (χ3v) is 3.29. The van der Waals surface area contributed by atoms with Crippen LogP contribution >= 0.6 is 0 Å². The number of hydrogen-bond donors (Lipinski definition) is 0. The summed E-state index contributed by atoms with van der Waals surface area (Å²) in [7, 11) is 0. The molecule has 0 aliphatic carbocycles. The molecule has 0 spiro atoms. The lowest BCUT2D eigenvalue weighted by Crippen LogP contribution is -2.19. The van der Waals surface area contributed by atoms with Crippen LogP contribution in [0.5, 0.6) is 0 Å². The molecule has 1 aliphatic heterocycles. The van der Waals surface area contributed by atoms with Gasteiger partial charge in [-0.2, -0.15) is 0 Å². The smallest absolute Gasteiger partial charge is 0.0165 e. The molecule has 0 saturated carbocycles. The molecule has 1 heterocycles. The van der Waals surface area contributed by atoms with Gasteiger partial charge >= 0.3 is 0 Å². The van der Waals surface area contributed by atoms with Gasteiger partial charge in [0.2, 0.25) is 0 Å². The van der Waals surface area contributed by atoms with Crippen LogP contribution < -0.4 is 0 Å². The quantitative estimate of drug-likeness (QED) is 0.601. The molecule has 1 saturated heterocycles. The van der Waals surface area contributed by atoms with E-state index in [-0.39, 0.29) is 0 Å². The van der Waals surface area contributed by atoms with E-state index >= 15 is 0 Å². The summed E-state index contributed by atoms with van der Waals surface area (Å²) in [5, 5.41) is 0. The number of hydrogen-bond acceptors (Lipinski definition) is 1. The highest BCUT2D eigenvalue weighted by atomic mass is 15.1. The minimum atomic E-state index is 0.653. The minimum Gasteiger partial charge on any atom is -0.300 e. The topological polar surface area (TPSA) is 3.24 Å². The first-order valence-electron chi connectivity index (χ1n) is 6.23. The highest BCUT2D eigenvalue weighted by Gasteiger charge is 2.09. The van der Waals surface area contributed by atoms with Crippen LogP contribution in [0, 0.1) is 5.92 Å². The van der Waals surface area contributed by atoms with Crippen molar-refractivity contribution in [1.29, 1.82) is 0 Å². The number of nitrogens with zero attached hydrogens (tertiary/aromatic N) is 1. The van der Waals surface area contributed by atoms with Crippen molar-refractivity contribution in [2.75, 3.05) is 19.6 Å². The van der Waals surface area contributed by atoms with Crippen LogP contribution in [0.25, 0.3) is 0 Å². The number of rotatable bonds is 6. The maximum atomic E-state index is 3.82. The molecule has 1 fully saturated rings. The highest BCUT2D eigenvalue weighted by molar-refractivity contribution is 5.00. The third kappa shape index (κ3) is 5.17. The van der Waals surface area contributed by atoms with Gasteiger partial charge in [-0.3, -0.25) is 4.90 Å². The van der Waals surface area contributed by atoms with Crippen molar-refractivity contribution in [3.63, 3.8) is 0 Å². The number of likely N-dealkylation sites (tertiary alicyclic amines) is 1. The van der Waals surface area contributed by atoms with Crippen molar-refractivity contribution in [2.45, 2.75) is 39.5 Å². The maximum absolute atomic E-state index is 3.82. The molecule has 1 heteroatoms. The molecule has 1 nitrogen and oxygen atoms in total. The zero-order valence-corrected chi connectivity index (χ0v) is 10.3. The van der Waals surface area contributed by atoms with E-state index in [9.17, 15) is 0 Å². The Bertz CT molecular complexity index is 211. The van der Waals surface area contributed by atoms with Crippen molar-refractivity contribution in [3.05, 3.63) is 24.3 Å². The molecule has 15 heavy (non-hydrogen) atoms. The first-order valence-corrected chi connectivity index (χ1v) is 6.23. The van der Waals surface area contributed by atoms with Crippen LogP contribution in [0.4, 0.5) is 0 Å². The van der Waals surface area contributed by atoms with E-state index in [1.54, 1.807) is 0 Å². The summed E-state index contributed by atoms with van der Waals surface area (Å²) in [4.78, 5) is 2.54. The van der Waals surface area contributed by atoms with Gasteiger partial charge in [0.15, 0.2) is 0 Å². The fourth-order valence-electron chi connectivity index (χ4n) is 1.93. The standard InChI is InChI=1S/C14H25N/c1-4-13(2)7-8-14(3)9-12-15-10-5-6-11-15/h4,9,13H,1,5-8,10-12H2,2-3H3/b14-9+. The second-order valence-corrected chi connectivity index (χ2v) is 4.81. The highest BCUT2D eigenvalue weighted by Crippen LogP contribution is 2.13. The summed E-state index contributed by atoms with van der Waals surface area (Å²) in [5.74, 6) is 0.653. The Balaban J connectivity index is 2.17. The predicted octanol–water partition coefficient (Wildman–Crippen LogP) is 3.63. The molecule has 0 aromatic heterocycles. The lowest BCUT2D eigenvalue weighted by molar-refractivity contribution is 0.376. The van der Waals surface area contributed by atoms with Gasteiger partial charge in [-0.05, 0) is 51.6 Å². The van der Waals surface area contributed by atoms with Crippen LogP contribution in [0.15, 0.2) is 24.3 Å². The Morgan fingerprint density at radius 2 is 2.07 bits per heavy atom. The van der Waals surface area contributed by atoms with Gasteiger partial charge in [-0.15, -0.1) is 6.58 Å². The summed E-state index contributed by atoms with van der Waals surface area (Å²) in [6.45, 7) is 12.1. The summed E-state index contributed by atoms with van der Waals surface area (Å²) in [6, 6.07) is 0. The lowest BCUT2D eigenvalue weighted by atomic mass is 10.0. The van der Waals surface area contributed by atoms with Crippen LogP contribution in [-0.4, -0.2) is 24.5 Å². The summed E-state index contributed by atoms with van der Waals surface area (Å²) < 4.78 is 0. The molecule has 1 aliphatic rings. The van der Waals surface area contributed by atoms with Crippen LogP contribution in [0.3, 0.4) is 0 Å². The molecular formula is C14H25N. The molecule has 86 valence electrons. The Morgan fingerprint density at radius 1 is 1.40 bits per heavy atom. The van der Waals surface area contributed by atoms with Crippen molar-refractivity contribution in [3.8, 4) is 0 Å². The fraction of sp³-hybridized carbons (Fsp3) is 0.714. The van der Waals surface area contributed by atoms with E-state index in [2.05, 4.69) is 31.4 Å². The monoisotopic (exact) mass is 207 g/mol. The average molecular weight is 207 g/mol. The Morgan fingerprint density at radius 3 is 2.67 bits per heavy atom. The van der Waals surface area contributed by atoms with E-state index in [0.717, 1.165) is 6.54 Å². The predicted molar refractivity (Wildman–Crippen MR) is 68.0 cm³/mol. The Hall–Kier alpha value is -0.560. The van der Waals surface area contributed by atoms with Gasteiger partial charge in [-0.25, -0.2) is 0 Å². The zero-order chi connectivity index (χ0) is 11.1. The Kier molecular flexibility index (Phi) is 5.70. The van der Waals surface area contributed by atoms with Crippen LogP contribution in [0.1, 0.15) is 39.5 Å². The summed E-state index contributed by atoms with van der Waals surface area (Å²) in [6.07, 6.45) is 9.70. The van der Waals surface area contributed by atoms with Crippen molar-refractivity contribution in [1.82, 2.24) is 4.90 Å². The second-order valence-electron chi connectivity index (χ2n) is 4.81. The fourth-order valence-corrected chi connectivity index (χ4v) is 1.93. The number of allylic oxidation sites excluding steroid dienone is 2. The largest absolute Gasteiger partial charge is 0.300 e. The molecule has 1 unspecified atom stereocenters. The van der Waals surface area contributed by atoms with Gasteiger partial charge in [-0.1, -0.05) is 24.6 Å². The molecular weight excluding hydrogens is 182 g/mol. The summed E-state index contributed by atoms with van der Waals surface area (Å²) >= 11 is 0. The normalized spacial score (nSPS) is 20.5. The average Bonchev–Trinajstić information content (AvgIpc) is 2.75. The van der Waals surface area contributed by atoms with Crippen molar-refractivity contribution >= 4 is 0 Å². The molecule has 1 rings (SSSR count). The van der Waals surface area contributed by atoms with E-state index in [1.165, 1.54) is 44.3 Å². The zero-order valence-electron chi connectivity index (χ0n) is 10.3. The third-order valence-electron chi connectivity index (χ3n) is 3.29. The molecule has 0 N–H and O–H groups in total. The molecule has 0 aromatic carbocycles. The minimum absolute atomic E-state index is 0.653. The summed E-state index contributed by atoms with van der Waals surface area (Å²) in [5.41, 5.74) is 1.54. The SMILES string of the molecule is C=CC(C)CC/C(C)=C/CN1CCCC1. The van der Waals surface area contributed by atoms with E-state index in [1.807, 2.05) is 6.08 Å². The first kappa shape index (κ1) is 12.5. The second kappa shape index (κ2) is 6.84. The van der Waals surface area contributed by atoms with Crippen molar-refractivity contribution in [2.24, 2.45) is 5.92 Å². The van der Waals surface area contributed by atoms with Crippen LogP contribution in [-0.2, 0) is 0 Å². The molecule has 1 atom stereocenters. The van der Waals surface area contributed by atoms with Gasteiger partial charge < -0.3 is 0 Å².